The first-order valence-electron chi connectivity index (χ1n) is 8.31. The second kappa shape index (κ2) is 9.56. The first-order chi connectivity index (χ1) is 12.7. The van der Waals surface area contributed by atoms with Crippen LogP contribution >= 0.6 is 23.1 Å². The molecule has 0 amide bonds. The summed E-state index contributed by atoms with van der Waals surface area (Å²) in [5, 5.41) is 22.5. The molecule has 0 aliphatic carbocycles. The predicted octanol–water partition coefficient (Wildman–Crippen LogP) is 3.99. The summed E-state index contributed by atoms with van der Waals surface area (Å²) in [7, 11) is 0. The van der Waals surface area contributed by atoms with E-state index in [4.69, 9.17) is 4.74 Å². The van der Waals surface area contributed by atoms with Gasteiger partial charge in [0.1, 0.15) is 12.4 Å². The molecular formula is C19H21N3O2S2. The van der Waals surface area contributed by atoms with Gasteiger partial charge in [-0.05, 0) is 24.1 Å². The number of rotatable bonds is 9. The van der Waals surface area contributed by atoms with Crippen LogP contribution in [0.5, 0.6) is 5.75 Å². The Hall–Kier alpha value is -2.09. The predicted molar refractivity (Wildman–Crippen MR) is 107 cm³/mol. The zero-order valence-corrected chi connectivity index (χ0v) is 16.1. The van der Waals surface area contributed by atoms with E-state index in [0.717, 1.165) is 20.8 Å². The molecule has 0 unspecified atom stereocenters. The normalized spacial score (nSPS) is 11.9. The van der Waals surface area contributed by atoms with Gasteiger partial charge in [0.05, 0.1) is 6.10 Å². The lowest BCUT2D eigenvalue weighted by Crippen LogP contribution is -2.20. The maximum Gasteiger partial charge on any atom is 0.206 e. The highest BCUT2D eigenvalue weighted by atomic mass is 32.2. The first-order valence-corrected chi connectivity index (χ1v) is 10.1. The van der Waals surface area contributed by atoms with Gasteiger partial charge in [0.25, 0.3) is 0 Å². The van der Waals surface area contributed by atoms with Crippen molar-refractivity contribution in [3.8, 4) is 5.75 Å². The van der Waals surface area contributed by atoms with Gasteiger partial charge < -0.3 is 15.2 Å². The Bertz CT molecular complexity index is 811. The Morgan fingerprint density at radius 3 is 2.69 bits per heavy atom. The minimum absolute atomic E-state index is 0.260. The van der Waals surface area contributed by atoms with E-state index < -0.39 is 6.10 Å². The van der Waals surface area contributed by atoms with Crippen molar-refractivity contribution >= 4 is 28.2 Å². The van der Waals surface area contributed by atoms with Gasteiger partial charge >= 0.3 is 0 Å². The highest BCUT2D eigenvalue weighted by molar-refractivity contribution is 8.01. The summed E-state index contributed by atoms with van der Waals surface area (Å²) < 4.78 is 6.50. The van der Waals surface area contributed by atoms with Crippen LogP contribution in [0.3, 0.4) is 0 Å². The molecule has 1 heterocycles. The summed E-state index contributed by atoms with van der Waals surface area (Å²) in [5.41, 5.74) is 2.26. The van der Waals surface area contributed by atoms with Gasteiger partial charge in [-0.25, -0.2) is 0 Å². The number of anilines is 1. The lowest BCUT2D eigenvalue weighted by Gasteiger charge is -2.12. The standard InChI is InChI=1S/C19H21N3O2S2/c1-14-7-5-6-10-17(14)24-12-16(23)13-25-19-22-21-18(26-19)20-11-15-8-3-2-4-9-15/h2-10,16,23H,11-13H2,1H3,(H,20,21)/t16-/m0/s1. The fraction of sp³-hybridized carbons (Fsp3) is 0.263. The third-order valence-corrected chi connectivity index (χ3v) is 5.78. The molecule has 0 fully saturated rings. The minimum Gasteiger partial charge on any atom is -0.491 e. The van der Waals surface area contributed by atoms with E-state index in [0.29, 0.717) is 12.3 Å². The van der Waals surface area contributed by atoms with Crippen LogP contribution < -0.4 is 10.1 Å². The van der Waals surface area contributed by atoms with Crippen LogP contribution in [-0.2, 0) is 6.54 Å². The topological polar surface area (TPSA) is 67.3 Å². The van der Waals surface area contributed by atoms with Crippen molar-refractivity contribution in [2.45, 2.75) is 23.9 Å². The number of nitrogens with zero attached hydrogens (tertiary/aromatic N) is 2. The fourth-order valence-corrected chi connectivity index (χ4v) is 3.91. The summed E-state index contributed by atoms with van der Waals surface area (Å²) in [5.74, 6) is 1.32. The Morgan fingerprint density at radius 1 is 1.12 bits per heavy atom. The van der Waals surface area contributed by atoms with Crippen LogP contribution in [-0.4, -0.2) is 33.8 Å². The lowest BCUT2D eigenvalue weighted by atomic mass is 10.2. The van der Waals surface area contributed by atoms with Crippen molar-refractivity contribution in [2.24, 2.45) is 0 Å². The number of para-hydroxylation sites is 1. The summed E-state index contributed by atoms with van der Waals surface area (Å²) >= 11 is 2.97. The molecule has 5 nitrogen and oxygen atoms in total. The van der Waals surface area contributed by atoms with E-state index in [1.54, 1.807) is 0 Å². The molecule has 136 valence electrons. The van der Waals surface area contributed by atoms with Crippen molar-refractivity contribution < 1.29 is 9.84 Å². The summed E-state index contributed by atoms with van der Waals surface area (Å²) in [6.45, 7) is 2.96. The molecular weight excluding hydrogens is 366 g/mol. The summed E-state index contributed by atoms with van der Waals surface area (Å²) in [6, 6.07) is 17.9. The average Bonchev–Trinajstić information content (AvgIpc) is 3.13. The number of nitrogens with one attached hydrogen (secondary N) is 1. The largest absolute Gasteiger partial charge is 0.491 e. The van der Waals surface area contributed by atoms with Crippen LogP contribution in [0.25, 0.3) is 0 Å². The highest BCUT2D eigenvalue weighted by Crippen LogP contribution is 2.26. The molecule has 0 radical (unpaired) electrons. The number of aryl methyl sites for hydroxylation is 1. The number of benzene rings is 2. The molecule has 3 aromatic rings. The maximum absolute atomic E-state index is 10.1. The van der Waals surface area contributed by atoms with Gasteiger partial charge in [-0.1, -0.05) is 71.6 Å². The van der Waals surface area contributed by atoms with Crippen molar-refractivity contribution in [3.63, 3.8) is 0 Å². The van der Waals surface area contributed by atoms with Crippen molar-refractivity contribution in [1.82, 2.24) is 10.2 Å². The molecule has 2 N–H and O–H groups in total. The summed E-state index contributed by atoms with van der Waals surface area (Å²) in [4.78, 5) is 0. The van der Waals surface area contributed by atoms with Crippen LogP contribution in [0.1, 0.15) is 11.1 Å². The van der Waals surface area contributed by atoms with E-state index in [9.17, 15) is 5.11 Å². The Morgan fingerprint density at radius 2 is 1.88 bits per heavy atom. The Balaban J connectivity index is 1.40. The molecule has 0 aliphatic heterocycles. The molecule has 0 aliphatic rings. The van der Waals surface area contributed by atoms with Crippen molar-refractivity contribution in [2.75, 3.05) is 17.7 Å². The first kappa shape index (κ1) is 18.7. The van der Waals surface area contributed by atoms with Crippen molar-refractivity contribution in [3.05, 3.63) is 65.7 Å². The van der Waals surface area contributed by atoms with E-state index in [2.05, 4.69) is 27.6 Å². The number of thioether (sulfide) groups is 1. The highest BCUT2D eigenvalue weighted by Gasteiger charge is 2.10. The van der Waals surface area contributed by atoms with Gasteiger partial charge in [-0.15, -0.1) is 10.2 Å². The minimum atomic E-state index is -0.566. The number of aliphatic hydroxyl groups excluding tert-OH is 1. The number of hydrogen-bond acceptors (Lipinski definition) is 7. The molecule has 1 aromatic heterocycles. The molecule has 0 saturated carbocycles. The summed E-state index contributed by atoms with van der Waals surface area (Å²) in [6.07, 6.45) is -0.566. The monoisotopic (exact) mass is 387 g/mol. The van der Waals surface area contributed by atoms with E-state index in [-0.39, 0.29) is 6.61 Å². The molecule has 7 heteroatoms. The third kappa shape index (κ3) is 5.72. The van der Waals surface area contributed by atoms with Crippen molar-refractivity contribution in [1.29, 1.82) is 0 Å². The zero-order valence-electron chi connectivity index (χ0n) is 14.5. The average molecular weight is 388 g/mol. The van der Waals surface area contributed by atoms with Crippen LogP contribution in [0.4, 0.5) is 5.13 Å². The number of aliphatic hydroxyl groups is 1. The Kier molecular flexibility index (Phi) is 6.88. The Labute approximate surface area is 161 Å². The van der Waals surface area contributed by atoms with Gasteiger partial charge in [0.15, 0.2) is 4.34 Å². The SMILES string of the molecule is Cc1ccccc1OC[C@H](O)CSc1nnc(NCc2ccccc2)s1. The second-order valence-electron chi connectivity index (χ2n) is 5.75. The van der Waals surface area contributed by atoms with E-state index >= 15 is 0 Å². The van der Waals surface area contributed by atoms with Gasteiger partial charge in [0.2, 0.25) is 5.13 Å². The molecule has 2 aromatic carbocycles. The number of aromatic nitrogens is 2. The number of hydrogen-bond donors (Lipinski definition) is 2. The smallest absolute Gasteiger partial charge is 0.206 e. The molecule has 0 saturated heterocycles. The van der Waals surface area contributed by atoms with Crippen LogP contribution in [0.2, 0.25) is 0 Å². The van der Waals surface area contributed by atoms with Gasteiger partial charge in [0, 0.05) is 12.3 Å². The molecule has 26 heavy (non-hydrogen) atoms. The fourth-order valence-electron chi connectivity index (χ4n) is 2.23. The quantitative estimate of drug-likeness (QED) is 0.541. The molecule has 0 spiro atoms. The maximum atomic E-state index is 10.1. The van der Waals surface area contributed by atoms with Gasteiger partial charge in [-0.3, -0.25) is 0 Å². The number of ether oxygens (including phenoxy) is 1. The molecule has 1 atom stereocenters. The molecule has 0 bridgehead atoms. The second-order valence-corrected chi connectivity index (χ2v) is 8.00. The van der Waals surface area contributed by atoms with E-state index in [1.807, 2.05) is 49.4 Å². The third-order valence-electron chi connectivity index (χ3n) is 3.62. The van der Waals surface area contributed by atoms with Gasteiger partial charge in [-0.2, -0.15) is 0 Å². The van der Waals surface area contributed by atoms with E-state index in [1.165, 1.54) is 28.7 Å². The molecule has 3 rings (SSSR count). The van der Waals surface area contributed by atoms with Crippen LogP contribution in [0.15, 0.2) is 58.9 Å². The lowest BCUT2D eigenvalue weighted by molar-refractivity contribution is 0.126. The van der Waals surface area contributed by atoms with Crippen LogP contribution in [0, 0.1) is 6.92 Å². The zero-order chi connectivity index (χ0) is 18.2.